The zero-order chi connectivity index (χ0) is 25.1. The number of hydrogen-bond donors (Lipinski definition) is 4. The molecule has 1 aliphatic rings. The molecule has 0 saturated carbocycles. The maximum absolute atomic E-state index is 13.1. The molecular weight excluding hydrogens is 428 g/mol. The highest BCUT2D eigenvalue weighted by Crippen LogP contribution is 2.24. The molecule has 2 amide bonds. The molecule has 0 aliphatic carbocycles. The number of amides is 2. The van der Waals surface area contributed by atoms with Crippen molar-refractivity contribution in [1.82, 2.24) is 10.6 Å². The van der Waals surface area contributed by atoms with E-state index in [0.717, 1.165) is 19.3 Å². The number of rotatable bonds is 16. The van der Waals surface area contributed by atoms with Crippen molar-refractivity contribution in [3.63, 3.8) is 0 Å². The van der Waals surface area contributed by atoms with E-state index in [4.69, 9.17) is 15.9 Å². The van der Waals surface area contributed by atoms with Crippen LogP contribution in [0.25, 0.3) is 0 Å². The van der Waals surface area contributed by atoms with E-state index in [9.17, 15) is 19.2 Å². The van der Waals surface area contributed by atoms with Gasteiger partial charge in [0.25, 0.3) is 5.91 Å². The second-order valence-corrected chi connectivity index (χ2v) is 9.35. The van der Waals surface area contributed by atoms with Gasteiger partial charge in [-0.25, -0.2) is 4.79 Å². The summed E-state index contributed by atoms with van der Waals surface area (Å²) < 4.78 is 9.63. The number of epoxide rings is 1. The summed E-state index contributed by atoms with van der Waals surface area (Å²) in [5.74, 6) is -1.86. The lowest BCUT2D eigenvalue weighted by molar-refractivity contribution is -0.142. The zero-order valence-corrected chi connectivity index (χ0v) is 20.4. The Balaban J connectivity index is 2.64. The summed E-state index contributed by atoms with van der Waals surface area (Å²) >= 11 is 0. The van der Waals surface area contributed by atoms with Crippen molar-refractivity contribution in [1.29, 1.82) is 5.41 Å². The van der Waals surface area contributed by atoms with E-state index in [2.05, 4.69) is 15.4 Å². The van der Waals surface area contributed by atoms with E-state index >= 15 is 0 Å². The van der Waals surface area contributed by atoms with Crippen LogP contribution in [0.4, 0.5) is 0 Å². The Morgan fingerprint density at radius 1 is 1.06 bits per heavy atom. The molecule has 1 heterocycles. The Morgan fingerprint density at radius 2 is 1.73 bits per heavy atom. The third-order valence-corrected chi connectivity index (χ3v) is 5.49. The van der Waals surface area contributed by atoms with E-state index in [1.165, 1.54) is 7.11 Å². The molecule has 0 aromatic carbocycles. The molecule has 188 valence electrons. The summed E-state index contributed by atoms with van der Waals surface area (Å²) in [7, 11) is 1.21. The van der Waals surface area contributed by atoms with E-state index in [1.54, 1.807) is 0 Å². The van der Waals surface area contributed by atoms with Crippen LogP contribution in [0.15, 0.2) is 0 Å². The number of methoxy groups -OCH3 is 1. The highest BCUT2D eigenvalue weighted by Gasteiger charge is 2.52. The van der Waals surface area contributed by atoms with E-state index in [0.29, 0.717) is 19.4 Å². The highest BCUT2D eigenvalue weighted by atomic mass is 16.6. The molecule has 1 aliphatic heterocycles. The van der Waals surface area contributed by atoms with Crippen LogP contribution in [-0.2, 0) is 28.7 Å². The van der Waals surface area contributed by atoms with Crippen molar-refractivity contribution in [2.75, 3.05) is 13.7 Å². The molecule has 1 saturated heterocycles. The van der Waals surface area contributed by atoms with Crippen LogP contribution in [0, 0.1) is 23.2 Å². The average Bonchev–Trinajstić information content (AvgIpc) is 3.53. The number of Topliss-reactive ketones (excluding diaryl/α,β-unsaturated/α-hetero) is 1. The number of amidine groups is 1. The molecular formula is C23H40N4O6. The van der Waals surface area contributed by atoms with Crippen molar-refractivity contribution in [2.45, 2.75) is 84.5 Å². The van der Waals surface area contributed by atoms with Crippen molar-refractivity contribution in [3.8, 4) is 0 Å². The summed E-state index contributed by atoms with van der Waals surface area (Å²) in [5, 5.41) is 12.8. The van der Waals surface area contributed by atoms with Gasteiger partial charge in [-0.1, -0.05) is 34.1 Å². The van der Waals surface area contributed by atoms with Gasteiger partial charge >= 0.3 is 5.97 Å². The minimum absolute atomic E-state index is 0.0173. The van der Waals surface area contributed by atoms with Crippen molar-refractivity contribution in [2.24, 2.45) is 23.5 Å². The number of esters is 1. The highest BCUT2D eigenvalue weighted by molar-refractivity contribution is 5.97. The number of nitrogens with one attached hydrogen (secondary N) is 3. The molecule has 10 nitrogen and oxygen atoms in total. The second-order valence-electron chi connectivity index (χ2n) is 9.35. The smallest absolute Gasteiger partial charge is 0.338 e. The maximum atomic E-state index is 13.1. The van der Waals surface area contributed by atoms with Gasteiger partial charge in [-0.3, -0.25) is 19.8 Å². The van der Waals surface area contributed by atoms with Gasteiger partial charge in [0, 0.05) is 25.3 Å². The quantitative estimate of drug-likeness (QED) is 0.0871. The van der Waals surface area contributed by atoms with Gasteiger partial charge in [0.2, 0.25) is 5.91 Å². The van der Waals surface area contributed by atoms with Crippen molar-refractivity contribution >= 4 is 29.4 Å². The van der Waals surface area contributed by atoms with E-state index in [-0.39, 0.29) is 35.8 Å². The van der Waals surface area contributed by atoms with Crippen LogP contribution >= 0.6 is 0 Å². The lowest BCUT2D eigenvalue weighted by Gasteiger charge is -2.24. The normalized spacial score (nSPS) is 19.0. The van der Waals surface area contributed by atoms with Gasteiger partial charge in [0.05, 0.1) is 19.0 Å². The molecule has 0 aromatic heterocycles. The molecule has 10 heteroatoms. The minimum atomic E-state index is -0.954. The summed E-state index contributed by atoms with van der Waals surface area (Å²) in [6.07, 6.45) is 1.65. The van der Waals surface area contributed by atoms with Crippen molar-refractivity contribution < 1.29 is 28.7 Å². The zero-order valence-electron chi connectivity index (χ0n) is 20.4. The topological polar surface area (TPSA) is 164 Å². The van der Waals surface area contributed by atoms with Crippen LogP contribution in [0.1, 0.15) is 66.2 Å². The molecule has 1 rings (SSSR count). The number of unbranched alkanes of at least 4 members (excludes halogenated alkanes) is 2. The third kappa shape index (κ3) is 10.3. The third-order valence-electron chi connectivity index (χ3n) is 5.49. The predicted octanol–water partition coefficient (Wildman–Crippen LogP) is 1.30. The number of nitrogens with two attached hydrogens (primary N) is 1. The first-order chi connectivity index (χ1) is 15.5. The Hall–Kier alpha value is -2.49. The average molecular weight is 469 g/mol. The van der Waals surface area contributed by atoms with Crippen LogP contribution in [0.2, 0.25) is 0 Å². The fourth-order valence-electron chi connectivity index (χ4n) is 3.66. The Labute approximate surface area is 196 Å². The molecule has 1 fully saturated rings. The molecule has 0 aromatic rings. The van der Waals surface area contributed by atoms with E-state index in [1.807, 2.05) is 27.7 Å². The number of carbonyl (C=O) groups excluding carboxylic acids is 4. The number of ketones is 1. The van der Waals surface area contributed by atoms with Crippen LogP contribution < -0.4 is 16.4 Å². The second kappa shape index (κ2) is 13.9. The Kier molecular flexibility index (Phi) is 12.0. The fourth-order valence-corrected chi connectivity index (χ4v) is 3.66. The summed E-state index contributed by atoms with van der Waals surface area (Å²) in [5.41, 5.74) is 5.34. The van der Waals surface area contributed by atoms with Crippen LogP contribution in [-0.4, -0.2) is 61.3 Å². The predicted molar refractivity (Wildman–Crippen MR) is 123 cm³/mol. The minimum Gasteiger partial charge on any atom is -0.467 e. The van der Waals surface area contributed by atoms with Gasteiger partial charge in [0.15, 0.2) is 18.0 Å². The lowest BCUT2D eigenvalue weighted by atomic mass is 9.87. The molecule has 0 radical (unpaired) electrons. The maximum Gasteiger partial charge on any atom is 0.338 e. The van der Waals surface area contributed by atoms with Gasteiger partial charge in [-0.15, -0.1) is 0 Å². The van der Waals surface area contributed by atoms with Gasteiger partial charge in [0.1, 0.15) is 0 Å². The standard InChI is InChI=1S/C23H40N4O6/c1-13(2)11-15(21(29)26-10-8-6-7-9-17(24)25)12-16(28)18(14(3)4)27-22(30)19-20(33-19)23(31)32-5/h13-15,18-20H,6-12H2,1-5H3,(H3,24,25)(H,26,29)(H,27,30). The van der Waals surface area contributed by atoms with Gasteiger partial charge in [-0.2, -0.15) is 0 Å². The van der Waals surface area contributed by atoms with Crippen LogP contribution in [0.3, 0.4) is 0 Å². The number of carbonyl (C=O) groups is 4. The van der Waals surface area contributed by atoms with Crippen LogP contribution in [0.5, 0.6) is 0 Å². The van der Waals surface area contributed by atoms with E-state index < -0.39 is 36.0 Å². The van der Waals surface area contributed by atoms with Gasteiger partial charge < -0.3 is 25.8 Å². The largest absolute Gasteiger partial charge is 0.467 e. The monoisotopic (exact) mass is 468 g/mol. The summed E-state index contributed by atoms with van der Waals surface area (Å²) in [6, 6.07) is -0.783. The first-order valence-corrected chi connectivity index (χ1v) is 11.6. The van der Waals surface area contributed by atoms with Crippen molar-refractivity contribution in [3.05, 3.63) is 0 Å². The molecule has 4 atom stereocenters. The SMILES string of the molecule is COC(=O)C1OC1C(=O)NC(C(=O)CC(CC(C)C)C(=O)NCCCCCC(=N)N)C(C)C. The Bertz CT molecular complexity index is 709. The molecule has 5 N–H and O–H groups in total. The lowest BCUT2D eigenvalue weighted by Crippen LogP contribution is -2.48. The molecule has 0 spiro atoms. The first-order valence-electron chi connectivity index (χ1n) is 11.6. The number of hydrogen-bond acceptors (Lipinski definition) is 7. The van der Waals surface area contributed by atoms with Gasteiger partial charge in [-0.05, 0) is 31.1 Å². The first kappa shape index (κ1) is 28.5. The fraction of sp³-hybridized carbons (Fsp3) is 0.783. The molecule has 4 unspecified atom stereocenters. The number of ether oxygens (including phenoxy) is 2. The molecule has 33 heavy (non-hydrogen) atoms. The Morgan fingerprint density at radius 3 is 2.27 bits per heavy atom. The molecule has 0 bridgehead atoms. The summed E-state index contributed by atoms with van der Waals surface area (Å²) in [6.45, 7) is 8.11. The summed E-state index contributed by atoms with van der Waals surface area (Å²) in [4.78, 5) is 49.7.